The van der Waals surface area contributed by atoms with Crippen LogP contribution in [0.25, 0.3) is 0 Å². The SMILES string of the molecule is Cl.Cn1ccnc1C1CNCCN1C(=O)CNC(=O)C(C)(C)C. The van der Waals surface area contributed by atoms with Crippen LogP contribution >= 0.6 is 12.4 Å². The molecule has 2 N–H and O–H groups in total. The van der Waals surface area contributed by atoms with Gasteiger partial charge in [0.15, 0.2) is 0 Å². The Morgan fingerprint density at radius 1 is 1.43 bits per heavy atom. The average molecular weight is 344 g/mol. The Labute approximate surface area is 143 Å². The van der Waals surface area contributed by atoms with Gasteiger partial charge in [-0.15, -0.1) is 12.4 Å². The lowest BCUT2D eigenvalue weighted by Crippen LogP contribution is -2.52. The molecule has 1 saturated heterocycles. The molecule has 2 rings (SSSR count). The predicted octanol–water partition coefficient (Wildman–Crippen LogP) is 0.477. The molecule has 0 saturated carbocycles. The minimum atomic E-state index is -0.497. The maximum Gasteiger partial charge on any atom is 0.242 e. The fourth-order valence-electron chi connectivity index (χ4n) is 2.45. The van der Waals surface area contributed by atoms with Gasteiger partial charge in [0.05, 0.1) is 6.54 Å². The molecule has 0 radical (unpaired) electrons. The normalized spacial score (nSPS) is 18.3. The summed E-state index contributed by atoms with van der Waals surface area (Å²) in [7, 11) is 1.92. The smallest absolute Gasteiger partial charge is 0.242 e. The second-order valence-electron chi connectivity index (χ2n) is 6.64. The van der Waals surface area contributed by atoms with E-state index in [1.807, 2.05) is 38.6 Å². The summed E-state index contributed by atoms with van der Waals surface area (Å²) >= 11 is 0. The summed E-state index contributed by atoms with van der Waals surface area (Å²) in [6.45, 7) is 7.54. The van der Waals surface area contributed by atoms with Gasteiger partial charge in [0.2, 0.25) is 11.8 Å². The maximum absolute atomic E-state index is 12.5. The van der Waals surface area contributed by atoms with Gasteiger partial charge in [-0.25, -0.2) is 4.98 Å². The van der Waals surface area contributed by atoms with Crippen molar-refractivity contribution in [2.75, 3.05) is 26.2 Å². The summed E-state index contributed by atoms with van der Waals surface area (Å²) in [6.07, 6.45) is 3.60. The van der Waals surface area contributed by atoms with Gasteiger partial charge in [0.1, 0.15) is 11.9 Å². The molecule has 1 fully saturated rings. The minimum Gasteiger partial charge on any atom is -0.347 e. The molecule has 0 spiro atoms. The van der Waals surface area contributed by atoms with Crippen molar-refractivity contribution in [1.29, 1.82) is 0 Å². The number of rotatable bonds is 3. The van der Waals surface area contributed by atoms with Crippen LogP contribution in [-0.4, -0.2) is 52.4 Å². The van der Waals surface area contributed by atoms with Gasteiger partial charge in [-0.2, -0.15) is 0 Å². The number of piperazine rings is 1. The molecule has 1 atom stereocenters. The molecule has 0 bridgehead atoms. The summed E-state index contributed by atoms with van der Waals surface area (Å²) in [4.78, 5) is 30.5. The minimum absolute atomic E-state index is 0. The fraction of sp³-hybridized carbons (Fsp3) is 0.667. The molecule has 23 heavy (non-hydrogen) atoms. The standard InChI is InChI=1S/C15H25N5O2.ClH/c1-15(2,3)14(22)18-10-12(21)20-8-5-16-9-11(20)13-17-6-7-19(13)4;/h6-7,11,16H,5,8-10H2,1-4H3,(H,18,22);1H. The highest BCUT2D eigenvalue weighted by Crippen LogP contribution is 2.20. The third-order valence-electron chi connectivity index (χ3n) is 3.80. The summed E-state index contributed by atoms with van der Waals surface area (Å²) in [5.74, 6) is 0.652. The first-order valence-corrected chi connectivity index (χ1v) is 7.56. The van der Waals surface area contributed by atoms with Gasteiger partial charge in [-0.3, -0.25) is 9.59 Å². The number of hydrogen-bond donors (Lipinski definition) is 2. The average Bonchev–Trinajstić information content (AvgIpc) is 2.89. The van der Waals surface area contributed by atoms with E-state index in [0.29, 0.717) is 13.1 Å². The maximum atomic E-state index is 12.5. The third-order valence-corrected chi connectivity index (χ3v) is 3.80. The molecule has 1 unspecified atom stereocenters. The van der Waals surface area contributed by atoms with E-state index in [2.05, 4.69) is 15.6 Å². The molecule has 7 nitrogen and oxygen atoms in total. The number of amides is 2. The van der Waals surface area contributed by atoms with Gasteiger partial charge in [-0.1, -0.05) is 20.8 Å². The molecule has 2 heterocycles. The van der Waals surface area contributed by atoms with Crippen LogP contribution in [0.3, 0.4) is 0 Å². The van der Waals surface area contributed by atoms with Crippen molar-refractivity contribution in [3.05, 3.63) is 18.2 Å². The first kappa shape index (κ1) is 19.4. The van der Waals surface area contributed by atoms with Crippen molar-refractivity contribution in [3.63, 3.8) is 0 Å². The van der Waals surface area contributed by atoms with Crippen molar-refractivity contribution in [2.45, 2.75) is 26.8 Å². The van der Waals surface area contributed by atoms with Crippen LogP contribution in [0.1, 0.15) is 32.6 Å². The lowest BCUT2D eigenvalue weighted by atomic mass is 9.96. The monoisotopic (exact) mass is 343 g/mol. The Hall–Kier alpha value is -1.60. The Bertz CT molecular complexity index is 552. The molecule has 1 aliphatic heterocycles. The second-order valence-corrected chi connectivity index (χ2v) is 6.64. The lowest BCUT2D eigenvalue weighted by Gasteiger charge is -2.36. The Kier molecular flexibility index (Phi) is 6.58. The zero-order valence-corrected chi connectivity index (χ0v) is 14.9. The van der Waals surface area contributed by atoms with Gasteiger partial charge < -0.3 is 20.1 Å². The molecular weight excluding hydrogens is 318 g/mol. The lowest BCUT2D eigenvalue weighted by molar-refractivity contribution is -0.137. The molecule has 0 aromatic carbocycles. The number of aryl methyl sites for hydroxylation is 1. The molecule has 130 valence electrons. The van der Waals surface area contributed by atoms with Crippen LogP contribution in [0.5, 0.6) is 0 Å². The van der Waals surface area contributed by atoms with Crippen LogP contribution in [0.15, 0.2) is 12.4 Å². The Morgan fingerprint density at radius 2 is 2.13 bits per heavy atom. The van der Waals surface area contributed by atoms with Crippen molar-refractivity contribution >= 4 is 24.2 Å². The highest BCUT2D eigenvalue weighted by Gasteiger charge is 2.31. The largest absolute Gasteiger partial charge is 0.347 e. The van der Waals surface area contributed by atoms with E-state index < -0.39 is 5.41 Å². The fourth-order valence-corrected chi connectivity index (χ4v) is 2.45. The van der Waals surface area contributed by atoms with E-state index in [-0.39, 0.29) is 36.8 Å². The van der Waals surface area contributed by atoms with E-state index in [0.717, 1.165) is 12.4 Å². The number of imidazole rings is 1. The van der Waals surface area contributed by atoms with Crippen LogP contribution in [0.2, 0.25) is 0 Å². The molecule has 1 aliphatic rings. The molecular formula is C15H26ClN5O2. The van der Waals surface area contributed by atoms with Crippen LogP contribution < -0.4 is 10.6 Å². The quantitative estimate of drug-likeness (QED) is 0.836. The van der Waals surface area contributed by atoms with E-state index in [1.54, 1.807) is 11.1 Å². The Balaban J connectivity index is 0.00000264. The summed E-state index contributed by atoms with van der Waals surface area (Å²) in [5.41, 5.74) is -0.497. The Morgan fingerprint density at radius 3 is 2.70 bits per heavy atom. The zero-order chi connectivity index (χ0) is 16.3. The van der Waals surface area contributed by atoms with Crippen LogP contribution in [0, 0.1) is 5.41 Å². The van der Waals surface area contributed by atoms with E-state index >= 15 is 0 Å². The van der Waals surface area contributed by atoms with E-state index in [9.17, 15) is 9.59 Å². The number of nitrogens with zero attached hydrogens (tertiary/aromatic N) is 3. The number of nitrogens with one attached hydrogen (secondary N) is 2. The predicted molar refractivity (Wildman–Crippen MR) is 90.2 cm³/mol. The van der Waals surface area contributed by atoms with Crippen molar-refractivity contribution in [2.24, 2.45) is 12.5 Å². The van der Waals surface area contributed by atoms with Crippen molar-refractivity contribution < 1.29 is 9.59 Å². The van der Waals surface area contributed by atoms with Crippen LogP contribution in [-0.2, 0) is 16.6 Å². The number of carbonyl (C=O) groups excluding carboxylic acids is 2. The summed E-state index contributed by atoms with van der Waals surface area (Å²) in [5, 5.41) is 6.01. The number of carbonyl (C=O) groups is 2. The van der Waals surface area contributed by atoms with Gasteiger partial charge in [-0.05, 0) is 0 Å². The second kappa shape index (κ2) is 7.79. The van der Waals surface area contributed by atoms with Crippen LogP contribution in [0.4, 0.5) is 0 Å². The number of halogens is 1. The van der Waals surface area contributed by atoms with Gasteiger partial charge >= 0.3 is 0 Å². The third kappa shape index (κ3) is 4.68. The molecule has 8 heteroatoms. The molecule has 1 aromatic heterocycles. The first-order chi connectivity index (χ1) is 10.3. The summed E-state index contributed by atoms with van der Waals surface area (Å²) in [6, 6.07) is -0.104. The summed E-state index contributed by atoms with van der Waals surface area (Å²) < 4.78 is 1.92. The van der Waals surface area contributed by atoms with E-state index in [1.165, 1.54) is 0 Å². The number of hydrogen-bond acceptors (Lipinski definition) is 4. The topological polar surface area (TPSA) is 79.3 Å². The van der Waals surface area contributed by atoms with Gasteiger partial charge in [0.25, 0.3) is 0 Å². The zero-order valence-electron chi connectivity index (χ0n) is 14.1. The molecule has 1 aromatic rings. The van der Waals surface area contributed by atoms with Crippen molar-refractivity contribution in [1.82, 2.24) is 25.1 Å². The molecule has 0 aliphatic carbocycles. The highest BCUT2D eigenvalue weighted by molar-refractivity contribution is 5.87. The first-order valence-electron chi connectivity index (χ1n) is 7.56. The number of aromatic nitrogens is 2. The highest BCUT2D eigenvalue weighted by atomic mass is 35.5. The van der Waals surface area contributed by atoms with Crippen molar-refractivity contribution in [3.8, 4) is 0 Å². The molecule has 2 amide bonds. The van der Waals surface area contributed by atoms with Gasteiger partial charge in [0, 0.05) is 44.5 Å². The van der Waals surface area contributed by atoms with E-state index in [4.69, 9.17) is 0 Å².